The summed E-state index contributed by atoms with van der Waals surface area (Å²) in [5, 5.41) is 11.1. The smallest absolute Gasteiger partial charge is 0.180 e. The highest BCUT2D eigenvalue weighted by Gasteiger charge is 2.15. The van der Waals surface area contributed by atoms with Crippen molar-refractivity contribution < 1.29 is 9.47 Å². The van der Waals surface area contributed by atoms with Gasteiger partial charge in [-0.05, 0) is 55.0 Å². The van der Waals surface area contributed by atoms with Crippen molar-refractivity contribution in [3.05, 3.63) is 54.0 Å². The van der Waals surface area contributed by atoms with Gasteiger partial charge < -0.3 is 14.8 Å². The lowest BCUT2D eigenvalue weighted by Gasteiger charge is -2.30. The lowest BCUT2D eigenvalue weighted by Crippen LogP contribution is -2.35. The Kier molecular flexibility index (Phi) is 9.02. The molecule has 0 saturated carbocycles. The van der Waals surface area contributed by atoms with Crippen molar-refractivity contribution in [1.82, 2.24) is 4.90 Å². The number of rotatable bonds is 6. The Morgan fingerprint density at radius 2 is 1.77 bits per heavy atom. The number of hydrogen-bond acceptors (Lipinski definition) is 3. The van der Waals surface area contributed by atoms with Gasteiger partial charge in [0.15, 0.2) is 12.4 Å². The second-order valence-electron chi connectivity index (χ2n) is 6.72. The third-order valence-corrected chi connectivity index (χ3v) is 4.62. The van der Waals surface area contributed by atoms with Crippen LogP contribution in [0.4, 0.5) is 0 Å². The van der Waals surface area contributed by atoms with E-state index in [4.69, 9.17) is 4.74 Å². The van der Waals surface area contributed by atoms with Gasteiger partial charge in [0.2, 0.25) is 0 Å². The molecule has 4 nitrogen and oxygen atoms in total. The van der Waals surface area contributed by atoms with Gasteiger partial charge in [-0.1, -0.05) is 19.1 Å². The van der Waals surface area contributed by atoms with Crippen LogP contribution in [0.15, 0.2) is 48.8 Å². The normalized spacial score (nSPS) is 17.3. The fourth-order valence-corrected chi connectivity index (χ4v) is 3.32. The number of ether oxygens (including phenoxy) is 1. The van der Waals surface area contributed by atoms with Crippen molar-refractivity contribution in [3.63, 3.8) is 0 Å². The average Bonchev–Trinajstić information content (AvgIpc) is 2.68. The Bertz CT molecular complexity index is 635. The van der Waals surface area contributed by atoms with Gasteiger partial charge in [0, 0.05) is 46.9 Å². The number of benzene rings is 1. The maximum Gasteiger partial charge on any atom is 0.180 e. The Morgan fingerprint density at radius 3 is 2.42 bits per heavy atom. The molecule has 142 valence electrons. The number of piperidine rings is 1. The molecule has 3 rings (SSSR count). The number of likely N-dealkylation sites (tertiary alicyclic amines) is 1. The molecular weight excluding hydrogens is 371 g/mol. The molecule has 1 fully saturated rings. The van der Waals surface area contributed by atoms with E-state index < -0.39 is 0 Å². The predicted octanol–water partition coefficient (Wildman–Crippen LogP) is 4.87. The van der Waals surface area contributed by atoms with Crippen molar-refractivity contribution in [1.29, 1.82) is 0 Å². The Hall–Kier alpha value is -1.49. The Morgan fingerprint density at radius 1 is 1.12 bits per heavy atom. The van der Waals surface area contributed by atoms with E-state index in [0.717, 1.165) is 47.1 Å². The molecule has 0 amide bonds. The quantitative estimate of drug-likeness (QED) is 0.397. The Balaban J connectivity index is 0.00000117. The van der Waals surface area contributed by atoms with Crippen LogP contribution in [0.5, 0.6) is 5.75 Å². The van der Waals surface area contributed by atoms with E-state index in [1.165, 1.54) is 38.3 Å². The van der Waals surface area contributed by atoms with E-state index >= 15 is 0 Å². The van der Waals surface area contributed by atoms with Gasteiger partial charge in [-0.15, -0.1) is 0 Å². The number of aromatic nitrogens is 1. The largest absolute Gasteiger partial charge is 0.619 e. The summed E-state index contributed by atoms with van der Waals surface area (Å²) in [6.07, 6.45) is 6.80. The summed E-state index contributed by atoms with van der Waals surface area (Å²) in [6.45, 7) is 6.69. The minimum absolute atomic E-state index is 0.756. The van der Waals surface area contributed by atoms with Crippen LogP contribution in [-0.2, 0) is 0 Å². The maximum absolute atomic E-state index is 11.1. The lowest BCUT2D eigenvalue weighted by atomic mass is 10.0. The SMILES string of the molecule is C[C@H]1CCCN(CCCOc2ccc(-c3cc[n+]([O-])cc3)cc2)C1.ClCl. The molecule has 1 saturated heterocycles. The van der Waals surface area contributed by atoms with Crippen molar-refractivity contribution in [2.45, 2.75) is 26.2 Å². The number of pyridine rings is 1. The average molecular weight is 397 g/mol. The highest BCUT2D eigenvalue weighted by molar-refractivity contribution is 6.85. The molecule has 0 bridgehead atoms. The summed E-state index contributed by atoms with van der Waals surface area (Å²) in [5.74, 6) is 1.74. The molecule has 1 atom stereocenters. The lowest BCUT2D eigenvalue weighted by molar-refractivity contribution is -0.605. The van der Waals surface area contributed by atoms with Gasteiger partial charge in [0.25, 0.3) is 0 Å². The summed E-state index contributed by atoms with van der Waals surface area (Å²) >= 11 is 0. The number of hydrogen-bond donors (Lipinski definition) is 0. The standard InChI is InChI=1S/C20H26N2O2.Cl2/c1-17-4-2-11-21(16-17)12-3-15-24-20-7-5-18(6-8-20)19-9-13-22(23)14-10-19;1-2/h5-10,13-14,17H,2-4,11-12,15-16H2,1H3;/t17-;/m0./s1. The van der Waals surface area contributed by atoms with Gasteiger partial charge in [-0.3, -0.25) is 0 Å². The molecule has 2 heterocycles. The van der Waals surface area contributed by atoms with Crippen LogP contribution < -0.4 is 9.47 Å². The van der Waals surface area contributed by atoms with Gasteiger partial charge >= 0.3 is 0 Å². The van der Waals surface area contributed by atoms with Crippen molar-refractivity contribution in [2.75, 3.05) is 26.2 Å². The first kappa shape index (κ1) is 20.8. The number of halogens is 2. The fraction of sp³-hybridized carbons (Fsp3) is 0.450. The van der Waals surface area contributed by atoms with Crippen LogP contribution in [0.1, 0.15) is 26.2 Å². The first-order valence-electron chi connectivity index (χ1n) is 8.99. The van der Waals surface area contributed by atoms with Crippen LogP contribution in [0.25, 0.3) is 11.1 Å². The van der Waals surface area contributed by atoms with E-state index in [1.54, 1.807) is 0 Å². The van der Waals surface area contributed by atoms with E-state index in [2.05, 4.69) is 33.5 Å². The van der Waals surface area contributed by atoms with Crippen LogP contribution in [0.2, 0.25) is 0 Å². The number of nitrogens with zero attached hydrogens (tertiary/aromatic N) is 2. The topological polar surface area (TPSA) is 39.4 Å². The highest BCUT2D eigenvalue weighted by atomic mass is 36.5. The van der Waals surface area contributed by atoms with Crippen LogP contribution in [0, 0.1) is 11.1 Å². The van der Waals surface area contributed by atoms with Gasteiger partial charge in [0.05, 0.1) is 6.61 Å². The summed E-state index contributed by atoms with van der Waals surface area (Å²) < 4.78 is 6.65. The molecule has 1 aromatic heterocycles. The molecular formula is C20H26Cl2N2O2. The highest BCUT2D eigenvalue weighted by Crippen LogP contribution is 2.21. The molecule has 0 aliphatic carbocycles. The van der Waals surface area contributed by atoms with Crippen LogP contribution in [0.3, 0.4) is 0 Å². The molecule has 2 aromatic rings. The minimum atomic E-state index is 0.756. The van der Waals surface area contributed by atoms with E-state index in [0.29, 0.717) is 0 Å². The third-order valence-electron chi connectivity index (χ3n) is 4.62. The molecule has 1 aromatic carbocycles. The predicted molar refractivity (Wildman–Crippen MR) is 107 cm³/mol. The van der Waals surface area contributed by atoms with Crippen molar-refractivity contribution in [3.8, 4) is 16.9 Å². The molecule has 6 heteroatoms. The summed E-state index contributed by atoms with van der Waals surface area (Å²) in [4.78, 5) is 2.55. The minimum Gasteiger partial charge on any atom is -0.619 e. The van der Waals surface area contributed by atoms with Gasteiger partial charge in [0.1, 0.15) is 5.75 Å². The second kappa shape index (κ2) is 11.3. The van der Waals surface area contributed by atoms with Crippen LogP contribution >= 0.6 is 21.7 Å². The van der Waals surface area contributed by atoms with Crippen molar-refractivity contribution in [2.24, 2.45) is 5.92 Å². The molecule has 1 aliphatic rings. The zero-order valence-corrected chi connectivity index (χ0v) is 16.6. The second-order valence-corrected chi connectivity index (χ2v) is 6.72. The molecule has 0 unspecified atom stereocenters. The molecule has 0 spiro atoms. The molecule has 0 radical (unpaired) electrons. The summed E-state index contributed by atoms with van der Waals surface area (Å²) in [5.41, 5.74) is 2.12. The third kappa shape index (κ3) is 6.67. The first-order valence-corrected chi connectivity index (χ1v) is 10.1. The monoisotopic (exact) mass is 396 g/mol. The van der Waals surface area contributed by atoms with Gasteiger partial charge in [-0.25, -0.2) is 0 Å². The Labute approximate surface area is 165 Å². The first-order chi connectivity index (χ1) is 12.7. The van der Waals surface area contributed by atoms with Crippen LogP contribution in [-0.4, -0.2) is 31.1 Å². The van der Waals surface area contributed by atoms with E-state index in [-0.39, 0.29) is 0 Å². The summed E-state index contributed by atoms with van der Waals surface area (Å²) in [7, 11) is 8.22. The zero-order chi connectivity index (χ0) is 18.8. The molecule has 0 N–H and O–H groups in total. The maximum atomic E-state index is 11.1. The molecule has 26 heavy (non-hydrogen) atoms. The zero-order valence-electron chi connectivity index (χ0n) is 15.1. The fourth-order valence-electron chi connectivity index (χ4n) is 3.32. The van der Waals surface area contributed by atoms with E-state index in [9.17, 15) is 5.21 Å². The summed E-state index contributed by atoms with van der Waals surface area (Å²) in [6, 6.07) is 11.7. The van der Waals surface area contributed by atoms with Gasteiger partial charge in [-0.2, -0.15) is 4.73 Å². The molecule has 1 aliphatic heterocycles. The van der Waals surface area contributed by atoms with E-state index in [1.807, 2.05) is 36.4 Å². The van der Waals surface area contributed by atoms with Crippen molar-refractivity contribution >= 4 is 21.7 Å².